The number of thiophene rings is 1. The van der Waals surface area contributed by atoms with Gasteiger partial charge >= 0.3 is 12.0 Å². The lowest BCUT2D eigenvalue weighted by atomic mass is 10.0. The Kier molecular flexibility index (Phi) is 6.74. The molecule has 0 aromatic carbocycles. The Morgan fingerprint density at radius 3 is 2.96 bits per heavy atom. The third-order valence-corrected chi connectivity index (χ3v) is 4.34. The van der Waals surface area contributed by atoms with Crippen molar-refractivity contribution in [2.24, 2.45) is 5.92 Å². The molecule has 0 fully saturated rings. The number of carbonyl (C=O) groups excluding carboxylic acids is 2. The third-order valence-electron chi connectivity index (χ3n) is 3.45. The Morgan fingerprint density at radius 1 is 1.54 bits per heavy atom. The van der Waals surface area contributed by atoms with E-state index in [-0.39, 0.29) is 31.1 Å². The zero-order valence-corrected chi connectivity index (χ0v) is 14.4. The average molecular weight is 347 g/mol. The molecule has 2 heterocycles. The lowest BCUT2D eigenvalue weighted by Crippen LogP contribution is -2.40. The number of ether oxygens (including phenoxy) is 1. The Hall–Kier alpha value is -2.41. The van der Waals surface area contributed by atoms with Gasteiger partial charge in [-0.2, -0.15) is 0 Å². The van der Waals surface area contributed by atoms with E-state index in [1.165, 1.54) is 28.3 Å². The number of hydrogen-bond donors (Lipinski definition) is 0. The van der Waals surface area contributed by atoms with Gasteiger partial charge in [0, 0.05) is 18.9 Å². The van der Waals surface area contributed by atoms with E-state index in [9.17, 15) is 9.59 Å². The maximum atomic E-state index is 12.8. The van der Waals surface area contributed by atoms with E-state index in [0.717, 1.165) is 11.4 Å². The first-order valence-electron chi connectivity index (χ1n) is 7.78. The van der Waals surface area contributed by atoms with E-state index in [4.69, 9.17) is 4.74 Å². The van der Waals surface area contributed by atoms with E-state index in [2.05, 4.69) is 11.6 Å². The highest BCUT2D eigenvalue weighted by Crippen LogP contribution is 2.25. The first kappa shape index (κ1) is 17.9. The number of amides is 1. The summed E-state index contributed by atoms with van der Waals surface area (Å²) >= 11 is 1.45. The van der Waals surface area contributed by atoms with Crippen molar-refractivity contribution in [1.82, 2.24) is 9.55 Å². The number of hydrogen-bond acceptors (Lipinski definition) is 5. The van der Waals surface area contributed by atoms with Crippen LogP contribution in [0.25, 0.3) is 0 Å². The number of rotatable bonds is 8. The SMILES string of the molecule is C=CCOC(=O)C(CCC)CN(C(=O)n1ccnc1)c1cccs1. The molecule has 1 amide bonds. The van der Waals surface area contributed by atoms with Crippen molar-refractivity contribution < 1.29 is 14.3 Å². The van der Waals surface area contributed by atoms with Gasteiger partial charge in [0.2, 0.25) is 0 Å². The molecule has 2 rings (SSSR count). The quantitative estimate of drug-likeness (QED) is 0.541. The maximum absolute atomic E-state index is 12.8. The minimum atomic E-state index is -0.385. The van der Waals surface area contributed by atoms with Gasteiger partial charge in [0.1, 0.15) is 12.9 Å². The summed E-state index contributed by atoms with van der Waals surface area (Å²) in [4.78, 5) is 30.6. The standard InChI is InChI=1S/C17H21N3O3S/c1-3-6-14(16(21)23-10-4-2)12-20(15-7-5-11-24-15)17(22)19-9-8-18-13-19/h4-5,7-9,11,13-14H,2-3,6,10,12H2,1H3. The molecule has 0 radical (unpaired) electrons. The summed E-state index contributed by atoms with van der Waals surface area (Å²) in [5.41, 5.74) is 0. The molecule has 1 atom stereocenters. The van der Waals surface area contributed by atoms with Crippen LogP contribution in [0.5, 0.6) is 0 Å². The molecule has 0 N–H and O–H groups in total. The van der Waals surface area contributed by atoms with Crippen LogP contribution in [-0.2, 0) is 9.53 Å². The zero-order chi connectivity index (χ0) is 17.4. The van der Waals surface area contributed by atoms with Crippen LogP contribution in [-0.4, -0.2) is 34.7 Å². The summed E-state index contributed by atoms with van der Waals surface area (Å²) in [6, 6.07) is 3.49. The minimum absolute atomic E-state index is 0.174. The van der Waals surface area contributed by atoms with Gasteiger partial charge in [-0.15, -0.1) is 11.3 Å². The Balaban J connectivity index is 2.20. The Bertz CT molecular complexity index is 653. The molecule has 2 aromatic heterocycles. The van der Waals surface area contributed by atoms with Crippen molar-refractivity contribution in [3.05, 3.63) is 48.9 Å². The fourth-order valence-electron chi connectivity index (χ4n) is 2.31. The highest BCUT2D eigenvalue weighted by atomic mass is 32.1. The van der Waals surface area contributed by atoms with Crippen LogP contribution in [0, 0.1) is 5.92 Å². The molecule has 2 aromatic rings. The first-order valence-corrected chi connectivity index (χ1v) is 8.66. The molecular formula is C17H21N3O3S. The smallest absolute Gasteiger partial charge is 0.334 e. The zero-order valence-electron chi connectivity index (χ0n) is 13.6. The second-order valence-corrected chi connectivity index (χ2v) is 6.14. The Morgan fingerprint density at radius 2 is 2.38 bits per heavy atom. The molecule has 0 bridgehead atoms. The third kappa shape index (κ3) is 4.55. The number of imidazole rings is 1. The number of aromatic nitrogens is 2. The van der Waals surface area contributed by atoms with Gasteiger partial charge < -0.3 is 4.74 Å². The molecule has 24 heavy (non-hydrogen) atoms. The van der Waals surface area contributed by atoms with Crippen molar-refractivity contribution in [2.45, 2.75) is 19.8 Å². The predicted octanol–water partition coefficient (Wildman–Crippen LogP) is 3.56. The van der Waals surface area contributed by atoms with Gasteiger partial charge in [0.15, 0.2) is 0 Å². The predicted molar refractivity (Wildman–Crippen MR) is 94.2 cm³/mol. The van der Waals surface area contributed by atoms with E-state index in [1.54, 1.807) is 17.3 Å². The molecule has 0 aliphatic carbocycles. The van der Waals surface area contributed by atoms with Gasteiger partial charge in [0.25, 0.3) is 0 Å². The largest absolute Gasteiger partial charge is 0.461 e. The van der Waals surface area contributed by atoms with Gasteiger partial charge in [0.05, 0.1) is 10.9 Å². The Labute approximate surface area is 145 Å². The van der Waals surface area contributed by atoms with E-state index < -0.39 is 0 Å². The second kappa shape index (κ2) is 9.02. The van der Waals surface area contributed by atoms with Gasteiger partial charge in [-0.3, -0.25) is 14.3 Å². The molecule has 0 aliphatic rings. The van der Waals surface area contributed by atoms with Crippen molar-refractivity contribution in [3.8, 4) is 0 Å². The van der Waals surface area contributed by atoms with Crippen LogP contribution < -0.4 is 4.90 Å². The van der Waals surface area contributed by atoms with Crippen LogP contribution in [0.4, 0.5) is 9.80 Å². The summed E-state index contributed by atoms with van der Waals surface area (Å²) in [5.74, 6) is -0.693. The molecule has 1 unspecified atom stereocenters. The van der Waals surface area contributed by atoms with Crippen molar-refractivity contribution >= 4 is 28.3 Å². The highest BCUT2D eigenvalue weighted by molar-refractivity contribution is 7.14. The van der Waals surface area contributed by atoms with E-state index in [1.807, 2.05) is 24.4 Å². The van der Waals surface area contributed by atoms with Crippen LogP contribution in [0.3, 0.4) is 0 Å². The van der Waals surface area contributed by atoms with Gasteiger partial charge in [-0.25, -0.2) is 9.78 Å². The van der Waals surface area contributed by atoms with Crippen LogP contribution >= 0.6 is 11.3 Å². The summed E-state index contributed by atoms with van der Waals surface area (Å²) in [7, 11) is 0. The van der Waals surface area contributed by atoms with Crippen molar-refractivity contribution in [3.63, 3.8) is 0 Å². The lowest BCUT2D eigenvalue weighted by molar-refractivity contribution is -0.147. The van der Waals surface area contributed by atoms with Crippen molar-refractivity contribution in [1.29, 1.82) is 0 Å². The number of anilines is 1. The van der Waals surface area contributed by atoms with Crippen LogP contribution in [0.1, 0.15) is 19.8 Å². The maximum Gasteiger partial charge on any atom is 0.334 e. The fourth-order valence-corrected chi connectivity index (χ4v) is 3.04. The summed E-state index contributed by atoms with van der Waals surface area (Å²) < 4.78 is 6.58. The minimum Gasteiger partial charge on any atom is -0.461 e. The van der Waals surface area contributed by atoms with Crippen molar-refractivity contribution in [2.75, 3.05) is 18.1 Å². The monoisotopic (exact) mass is 347 g/mol. The average Bonchev–Trinajstić information content (AvgIpc) is 3.29. The number of carbonyl (C=O) groups is 2. The summed E-state index contributed by atoms with van der Waals surface area (Å²) in [5, 5.41) is 2.68. The topological polar surface area (TPSA) is 64.4 Å². The van der Waals surface area contributed by atoms with Crippen LogP contribution in [0.2, 0.25) is 0 Å². The van der Waals surface area contributed by atoms with Gasteiger partial charge in [-0.05, 0) is 23.9 Å². The first-order chi connectivity index (χ1) is 11.7. The second-order valence-electron chi connectivity index (χ2n) is 5.22. The fraction of sp³-hybridized carbons (Fsp3) is 0.353. The van der Waals surface area contributed by atoms with E-state index in [0.29, 0.717) is 6.42 Å². The number of esters is 1. The summed E-state index contributed by atoms with van der Waals surface area (Å²) in [6.45, 7) is 5.99. The van der Waals surface area contributed by atoms with Gasteiger partial charge in [-0.1, -0.05) is 26.0 Å². The molecular weight excluding hydrogens is 326 g/mol. The molecule has 6 nitrogen and oxygen atoms in total. The molecule has 0 saturated heterocycles. The number of nitrogens with zero attached hydrogens (tertiary/aromatic N) is 3. The molecule has 7 heteroatoms. The lowest BCUT2D eigenvalue weighted by Gasteiger charge is -2.25. The molecule has 0 saturated carbocycles. The van der Waals surface area contributed by atoms with E-state index >= 15 is 0 Å². The van der Waals surface area contributed by atoms with Crippen LogP contribution in [0.15, 0.2) is 48.9 Å². The molecule has 0 aliphatic heterocycles. The highest BCUT2D eigenvalue weighted by Gasteiger charge is 2.27. The molecule has 128 valence electrons. The molecule has 0 spiro atoms. The summed E-state index contributed by atoms with van der Waals surface area (Å²) in [6.07, 6.45) is 7.60. The normalized spacial score (nSPS) is 11.7.